The molecule has 156 valence electrons. The minimum Gasteiger partial charge on any atom is -0.491 e. The van der Waals surface area contributed by atoms with Gasteiger partial charge >= 0.3 is 0 Å². The van der Waals surface area contributed by atoms with E-state index in [0.717, 1.165) is 36.8 Å². The highest BCUT2D eigenvalue weighted by Gasteiger charge is 2.59. The van der Waals surface area contributed by atoms with E-state index in [-0.39, 0.29) is 11.5 Å². The lowest BCUT2D eigenvalue weighted by molar-refractivity contribution is -0.106. The average Bonchev–Trinajstić information content (AvgIpc) is 3.11. The largest absolute Gasteiger partial charge is 0.491 e. The van der Waals surface area contributed by atoms with Crippen molar-refractivity contribution in [3.63, 3.8) is 0 Å². The van der Waals surface area contributed by atoms with Gasteiger partial charge in [-0.25, -0.2) is 0 Å². The topological polar surface area (TPSA) is 75.1 Å². The van der Waals surface area contributed by atoms with Crippen LogP contribution in [0.2, 0.25) is 0 Å². The Morgan fingerprint density at radius 2 is 2.04 bits per heavy atom. The summed E-state index contributed by atoms with van der Waals surface area (Å²) in [5.41, 5.74) is 0.923. The monoisotopic (exact) mass is 389 g/mol. The molecule has 6 heteroatoms. The Kier molecular flexibility index (Phi) is 6.50. The standard InChI is InChI=1S/C22H35N3O3/c1-6-23-21(25-19-17-11-12-27-20(17)22(19,4)5)24-13-18(26)15-7-9-16(10-8-15)28-14(2)3/h7-10,14,17-20,26H,6,11-13H2,1-5H3,(H2,23,24,25). The van der Waals surface area contributed by atoms with Crippen LogP contribution in [0, 0.1) is 11.3 Å². The molecule has 6 nitrogen and oxygen atoms in total. The van der Waals surface area contributed by atoms with Crippen LogP contribution in [0.1, 0.15) is 52.7 Å². The van der Waals surface area contributed by atoms with E-state index in [1.165, 1.54) is 0 Å². The van der Waals surface area contributed by atoms with Crippen LogP contribution in [0.25, 0.3) is 0 Å². The zero-order valence-corrected chi connectivity index (χ0v) is 17.7. The third kappa shape index (κ3) is 4.44. The minimum absolute atomic E-state index is 0.0855. The second-order valence-corrected chi connectivity index (χ2v) is 8.66. The lowest BCUT2D eigenvalue weighted by Crippen LogP contribution is -2.68. The quantitative estimate of drug-likeness (QED) is 0.494. The molecule has 0 spiro atoms. The summed E-state index contributed by atoms with van der Waals surface area (Å²) in [7, 11) is 0. The predicted octanol–water partition coefficient (Wildman–Crippen LogP) is 2.88. The summed E-state index contributed by atoms with van der Waals surface area (Å²) in [6.07, 6.45) is 0.916. The average molecular weight is 390 g/mol. The third-order valence-electron chi connectivity index (χ3n) is 5.80. The number of hydrogen-bond donors (Lipinski definition) is 3. The van der Waals surface area contributed by atoms with Crippen molar-refractivity contribution in [2.45, 2.75) is 65.4 Å². The van der Waals surface area contributed by atoms with Crippen molar-refractivity contribution >= 4 is 5.96 Å². The number of fused-ring (bicyclic) bond motifs is 1. The van der Waals surface area contributed by atoms with Crippen LogP contribution < -0.4 is 15.4 Å². The van der Waals surface area contributed by atoms with Gasteiger partial charge in [0, 0.05) is 30.5 Å². The Hall–Kier alpha value is -1.79. The van der Waals surface area contributed by atoms with Crippen LogP contribution in [-0.4, -0.2) is 49.0 Å². The summed E-state index contributed by atoms with van der Waals surface area (Å²) in [5.74, 6) is 2.10. The van der Waals surface area contributed by atoms with Crippen molar-refractivity contribution in [2.75, 3.05) is 19.7 Å². The van der Waals surface area contributed by atoms with Crippen molar-refractivity contribution in [1.82, 2.24) is 10.6 Å². The molecule has 1 aliphatic carbocycles. The Morgan fingerprint density at radius 3 is 2.68 bits per heavy atom. The van der Waals surface area contributed by atoms with Gasteiger partial charge in [0.15, 0.2) is 5.96 Å². The number of rotatable bonds is 7. The van der Waals surface area contributed by atoms with Crippen LogP contribution in [0.3, 0.4) is 0 Å². The van der Waals surface area contributed by atoms with Crippen molar-refractivity contribution < 1.29 is 14.6 Å². The Morgan fingerprint density at radius 1 is 1.32 bits per heavy atom. The summed E-state index contributed by atoms with van der Waals surface area (Å²) in [5, 5.41) is 17.4. The van der Waals surface area contributed by atoms with E-state index in [4.69, 9.17) is 9.47 Å². The molecule has 0 bridgehead atoms. The first kappa shape index (κ1) is 20.9. The van der Waals surface area contributed by atoms with Crippen molar-refractivity contribution in [3.8, 4) is 5.75 Å². The number of guanidine groups is 1. The molecular weight excluding hydrogens is 354 g/mol. The summed E-state index contributed by atoms with van der Waals surface area (Å²) >= 11 is 0. The fourth-order valence-corrected chi connectivity index (χ4v) is 4.41. The summed E-state index contributed by atoms with van der Waals surface area (Å²) in [6, 6.07) is 7.91. The maximum absolute atomic E-state index is 10.5. The van der Waals surface area contributed by atoms with E-state index >= 15 is 0 Å². The molecule has 2 aliphatic rings. The van der Waals surface area contributed by atoms with Gasteiger partial charge in [0.1, 0.15) is 5.75 Å². The van der Waals surface area contributed by atoms with E-state index in [9.17, 15) is 5.11 Å². The first-order chi connectivity index (χ1) is 13.3. The van der Waals surface area contributed by atoms with Crippen LogP contribution in [0.4, 0.5) is 0 Å². The second-order valence-electron chi connectivity index (χ2n) is 8.66. The fraction of sp³-hybridized carbons (Fsp3) is 0.682. The highest BCUT2D eigenvalue weighted by atomic mass is 16.5. The van der Waals surface area contributed by atoms with Gasteiger partial charge in [-0.1, -0.05) is 26.0 Å². The molecule has 3 rings (SSSR count). The maximum Gasteiger partial charge on any atom is 0.191 e. The number of nitrogens with one attached hydrogen (secondary N) is 2. The number of ether oxygens (including phenoxy) is 2. The Bertz CT molecular complexity index is 672. The molecule has 1 aromatic rings. The molecule has 2 fully saturated rings. The molecule has 28 heavy (non-hydrogen) atoms. The number of aliphatic imine (C=N–C) groups is 1. The molecule has 1 saturated heterocycles. The van der Waals surface area contributed by atoms with Gasteiger partial charge in [-0.3, -0.25) is 4.99 Å². The van der Waals surface area contributed by atoms with Gasteiger partial charge < -0.3 is 25.2 Å². The predicted molar refractivity (Wildman–Crippen MR) is 112 cm³/mol. The Labute approximate surface area is 168 Å². The zero-order chi connectivity index (χ0) is 20.3. The molecule has 0 aromatic heterocycles. The van der Waals surface area contributed by atoms with E-state index in [0.29, 0.717) is 24.6 Å². The second kappa shape index (κ2) is 8.70. The molecule has 1 aromatic carbocycles. The van der Waals surface area contributed by atoms with Gasteiger partial charge in [0.05, 0.1) is 24.9 Å². The molecule has 1 heterocycles. The molecular formula is C22H35N3O3. The van der Waals surface area contributed by atoms with Gasteiger partial charge in [-0.15, -0.1) is 0 Å². The van der Waals surface area contributed by atoms with E-state index < -0.39 is 6.10 Å². The Balaban J connectivity index is 1.61. The molecule has 1 aliphatic heterocycles. The SMILES string of the molecule is CCNC(=NCC(O)c1ccc(OC(C)C)cc1)NC1C2CCOC2C1(C)C. The summed E-state index contributed by atoms with van der Waals surface area (Å²) in [4.78, 5) is 4.63. The normalized spacial score (nSPS) is 27.1. The van der Waals surface area contributed by atoms with E-state index in [1.807, 2.05) is 38.1 Å². The molecule has 1 saturated carbocycles. The van der Waals surface area contributed by atoms with E-state index in [2.05, 4.69) is 36.4 Å². The number of aliphatic hydroxyl groups is 1. The number of hydrogen-bond acceptors (Lipinski definition) is 4. The first-order valence-corrected chi connectivity index (χ1v) is 10.4. The van der Waals surface area contributed by atoms with Crippen molar-refractivity contribution in [1.29, 1.82) is 0 Å². The van der Waals surface area contributed by atoms with Crippen LogP contribution in [-0.2, 0) is 4.74 Å². The smallest absolute Gasteiger partial charge is 0.191 e. The molecule has 3 N–H and O–H groups in total. The highest BCUT2D eigenvalue weighted by molar-refractivity contribution is 5.80. The molecule has 0 radical (unpaired) electrons. The van der Waals surface area contributed by atoms with Gasteiger partial charge in [0.2, 0.25) is 0 Å². The van der Waals surface area contributed by atoms with Crippen LogP contribution >= 0.6 is 0 Å². The van der Waals surface area contributed by atoms with Crippen LogP contribution in [0.5, 0.6) is 5.75 Å². The first-order valence-electron chi connectivity index (χ1n) is 10.4. The molecule has 4 unspecified atom stereocenters. The summed E-state index contributed by atoms with van der Waals surface area (Å²) in [6.45, 7) is 12.5. The number of nitrogens with zero attached hydrogens (tertiary/aromatic N) is 1. The number of aliphatic hydroxyl groups excluding tert-OH is 1. The minimum atomic E-state index is -0.652. The van der Waals surface area contributed by atoms with Gasteiger partial charge in [-0.2, -0.15) is 0 Å². The fourth-order valence-electron chi connectivity index (χ4n) is 4.41. The van der Waals surface area contributed by atoms with E-state index in [1.54, 1.807) is 0 Å². The summed E-state index contributed by atoms with van der Waals surface area (Å²) < 4.78 is 11.5. The van der Waals surface area contributed by atoms with Crippen LogP contribution in [0.15, 0.2) is 29.3 Å². The van der Waals surface area contributed by atoms with Crippen molar-refractivity contribution in [2.24, 2.45) is 16.3 Å². The number of benzene rings is 1. The lowest BCUT2D eigenvalue weighted by Gasteiger charge is -2.54. The third-order valence-corrected chi connectivity index (χ3v) is 5.80. The highest BCUT2D eigenvalue weighted by Crippen LogP contribution is 2.52. The van der Waals surface area contributed by atoms with Gasteiger partial charge in [-0.05, 0) is 44.9 Å². The molecule has 0 amide bonds. The maximum atomic E-state index is 10.5. The van der Waals surface area contributed by atoms with Crippen molar-refractivity contribution in [3.05, 3.63) is 29.8 Å². The van der Waals surface area contributed by atoms with Gasteiger partial charge in [0.25, 0.3) is 0 Å². The zero-order valence-electron chi connectivity index (χ0n) is 17.7. The lowest BCUT2D eigenvalue weighted by atomic mass is 9.57. The molecule has 4 atom stereocenters.